The first-order valence-corrected chi connectivity index (χ1v) is 13.3. The van der Waals surface area contributed by atoms with Gasteiger partial charge in [0.25, 0.3) is 0 Å². The second kappa shape index (κ2) is 11.5. The van der Waals surface area contributed by atoms with Gasteiger partial charge in [0.2, 0.25) is 0 Å². The summed E-state index contributed by atoms with van der Waals surface area (Å²) in [6.45, 7) is 0.268. The quantitative estimate of drug-likeness (QED) is 0.188. The molecular weight excluding hydrogens is 564 g/mol. The Morgan fingerprint density at radius 1 is 0.952 bits per heavy atom. The van der Waals surface area contributed by atoms with E-state index in [1.807, 2.05) is 12.1 Å². The molecule has 0 saturated carbocycles. The van der Waals surface area contributed by atoms with Crippen molar-refractivity contribution >= 4 is 28.6 Å². The molecule has 0 aliphatic heterocycles. The van der Waals surface area contributed by atoms with Crippen LogP contribution in [0.4, 0.5) is 8.78 Å². The van der Waals surface area contributed by atoms with E-state index in [1.54, 1.807) is 59.3 Å². The van der Waals surface area contributed by atoms with E-state index >= 15 is 4.39 Å². The lowest BCUT2D eigenvalue weighted by atomic mass is 10.0. The largest absolute Gasteiger partial charge is 0.489 e. The summed E-state index contributed by atoms with van der Waals surface area (Å²) in [5.41, 5.74) is 3.45. The molecule has 0 bridgehead atoms. The number of fused-ring (bicyclic) bond motifs is 1. The molecule has 42 heavy (non-hydrogen) atoms. The fourth-order valence-corrected chi connectivity index (χ4v) is 4.86. The van der Waals surface area contributed by atoms with Crippen LogP contribution in [0, 0.1) is 11.6 Å². The number of imidazole rings is 1. The lowest BCUT2D eigenvalue weighted by Gasteiger charge is -2.11. The zero-order valence-electron chi connectivity index (χ0n) is 21.9. The lowest BCUT2D eigenvalue weighted by molar-refractivity contribution is 0.0697. The number of halogens is 3. The van der Waals surface area contributed by atoms with E-state index in [0.29, 0.717) is 50.1 Å². The molecule has 0 unspecified atom stereocenters. The highest BCUT2D eigenvalue weighted by molar-refractivity contribution is 6.30. The van der Waals surface area contributed by atoms with E-state index in [9.17, 15) is 14.3 Å². The van der Waals surface area contributed by atoms with Gasteiger partial charge in [-0.3, -0.25) is 0 Å². The summed E-state index contributed by atoms with van der Waals surface area (Å²) in [6, 6.07) is 21.1. The van der Waals surface area contributed by atoms with Gasteiger partial charge in [0.1, 0.15) is 35.6 Å². The first kappa shape index (κ1) is 27.2. The van der Waals surface area contributed by atoms with Gasteiger partial charge in [-0.1, -0.05) is 41.9 Å². The average Bonchev–Trinajstić information content (AvgIpc) is 3.61. The van der Waals surface area contributed by atoms with Crippen LogP contribution >= 0.6 is 11.6 Å². The van der Waals surface area contributed by atoms with Gasteiger partial charge in [-0.05, 0) is 65.2 Å². The number of carboxylic acid groups (broad SMARTS) is 1. The number of aromatic carboxylic acids is 1. The van der Waals surface area contributed by atoms with Gasteiger partial charge in [-0.2, -0.15) is 0 Å². The molecule has 6 rings (SSSR count). The Balaban J connectivity index is 1.26. The molecule has 0 fully saturated rings. The van der Waals surface area contributed by atoms with Crippen molar-refractivity contribution in [2.24, 2.45) is 0 Å². The minimum absolute atomic E-state index is 0.0166. The van der Waals surface area contributed by atoms with E-state index in [0.717, 1.165) is 5.56 Å². The predicted octanol–water partition coefficient (Wildman–Crippen LogP) is 7.54. The molecule has 0 radical (unpaired) electrons. The Kier molecular flexibility index (Phi) is 7.41. The number of ether oxygens (including phenoxy) is 1. The zero-order valence-corrected chi connectivity index (χ0v) is 22.7. The standard InChI is InChI=1S/C32H22ClF2N3O4/c33-24-8-6-23(28(35)14-24)17-41-25-3-1-2-19(10-25)20-4-5-21(27(34)11-20)13-31-37-29-9-7-22(32(39)40)12-30(29)38(31)16-26-15-36-18-42-26/h1-12,14-15,18H,13,16-17H2,(H,39,40). The van der Waals surface area contributed by atoms with Gasteiger partial charge in [-0.25, -0.2) is 23.5 Å². The number of hydrogen-bond donors (Lipinski definition) is 1. The Hall–Kier alpha value is -5.02. The monoisotopic (exact) mass is 585 g/mol. The summed E-state index contributed by atoms with van der Waals surface area (Å²) in [5.74, 6) is -0.333. The van der Waals surface area contributed by atoms with Gasteiger partial charge in [0, 0.05) is 17.0 Å². The summed E-state index contributed by atoms with van der Waals surface area (Å²) in [6.07, 6.45) is 3.04. The number of nitrogens with zero attached hydrogens (tertiary/aromatic N) is 3. The third-order valence-corrected chi connectivity index (χ3v) is 7.09. The SMILES string of the molecule is O=C(O)c1ccc2nc(Cc3ccc(-c4cccc(OCc5ccc(Cl)cc5F)c4)cc3F)n(Cc3cnco3)c2c1. The van der Waals surface area contributed by atoms with Gasteiger partial charge in [0.05, 0.1) is 29.3 Å². The fraction of sp³-hybridized carbons (Fsp3) is 0.0938. The molecule has 1 N–H and O–H groups in total. The molecule has 0 amide bonds. The second-order valence-electron chi connectivity index (χ2n) is 9.63. The maximum absolute atomic E-state index is 15.5. The van der Waals surface area contributed by atoms with Gasteiger partial charge >= 0.3 is 5.97 Å². The Morgan fingerprint density at radius 3 is 2.52 bits per heavy atom. The molecule has 0 saturated heterocycles. The molecule has 0 atom stereocenters. The summed E-state index contributed by atoms with van der Waals surface area (Å²) >= 11 is 5.82. The van der Waals surface area contributed by atoms with Crippen LogP contribution < -0.4 is 4.74 Å². The van der Waals surface area contributed by atoms with Crippen molar-refractivity contribution in [1.29, 1.82) is 0 Å². The van der Waals surface area contributed by atoms with Crippen LogP contribution in [0.1, 0.15) is 33.1 Å². The molecule has 0 aliphatic rings. The van der Waals surface area contributed by atoms with Crippen molar-refractivity contribution in [1.82, 2.24) is 14.5 Å². The maximum atomic E-state index is 15.5. The molecule has 2 heterocycles. The van der Waals surface area contributed by atoms with E-state index in [1.165, 1.54) is 24.6 Å². The lowest BCUT2D eigenvalue weighted by Crippen LogP contribution is -2.07. The highest BCUT2D eigenvalue weighted by atomic mass is 35.5. The minimum Gasteiger partial charge on any atom is -0.489 e. The number of aromatic nitrogens is 3. The average molecular weight is 586 g/mol. The number of carboxylic acids is 1. The zero-order chi connectivity index (χ0) is 29.2. The smallest absolute Gasteiger partial charge is 0.335 e. The van der Waals surface area contributed by atoms with Crippen LogP contribution in [0.2, 0.25) is 5.02 Å². The highest BCUT2D eigenvalue weighted by Crippen LogP contribution is 2.28. The molecular formula is C32H22ClF2N3O4. The molecule has 0 spiro atoms. The van der Waals surface area contributed by atoms with Crippen LogP contribution in [0.25, 0.3) is 22.2 Å². The molecule has 2 aromatic heterocycles. The fourth-order valence-electron chi connectivity index (χ4n) is 4.70. The van der Waals surface area contributed by atoms with E-state index < -0.39 is 17.6 Å². The van der Waals surface area contributed by atoms with Crippen molar-refractivity contribution in [3.05, 3.63) is 136 Å². The molecule has 10 heteroatoms. The van der Waals surface area contributed by atoms with Crippen molar-refractivity contribution in [2.45, 2.75) is 19.6 Å². The number of hydrogen-bond acceptors (Lipinski definition) is 5. The molecule has 7 nitrogen and oxygen atoms in total. The normalized spacial score (nSPS) is 11.2. The molecule has 4 aromatic carbocycles. The highest BCUT2D eigenvalue weighted by Gasteiger charge is 2.17. The predicted molar refractivity (Wildman–Crippen MR) is 153 cm³/mol. The number of carbonyl (C=O) groups is 1. The summed E-state index contributed by atoms with van der Waals surface area (Å²) in [5, 5.41) is 9.78. The van der Waals surface area contributed by atoms with E-state index in [2.05, 4.69) is 9.97 Å². The minimum atomic E-state index is -1.06. The third kappa shape index (κ3) is 5.73. The maximum Gasteiger partial charge on any atom is 0.335 e. The molecule has 6 aromatic rings. The second-order valence-corrected chi connectivity index (χ2v) is 10.1. The van der Waals surface area contributed by atoms with E-state index in [4.69, 9.17) is 20.8 Å². The number of oxazole rings is 1. The van der Waals surface area contributed by atoms with Gasteiger partial charge < -0.3 is 18.8 Å². The van der Waals surface area contributed by atoms with Crippen LogP contribution in [-0.4, -0.2) is 25.6 Å². The summed E-state index contributed by atoms with van der Waals surface area (Å²) in [4.78, 5) is 20.2. The molecule has 0 aliphatic carbocycles. The topological polar surface area (TPSA) is 90.4 Å². The molecule has 210 valence electrons. The van der Waals surface area contributed by atoms with Crippen LogP contribution in [0.3, 0.4) is 0 Å². The Morgan fingerprint density at radius 2 is 1.76 bits per heavy atom. The summed E-state index contributed by atoms with van der Waals surface area (Å²) < 4.78 is 42.6. The van der Waals surface area contributed by atoms with Crippen molar-refractivity contribution in [2.75, 3.05) is 0 Å². The third-order valence-electron chi connectivity index (χ3n) is 6.85. The number of rotatable bonds is 9. The Bertz CT molecular complexity index is 1920. The van der Waals surface area contributed by atoms with Gasteiger partial charge in [-0.15, -0.1) is 0 Å². The van der Waals surface area contributed by atoms with Crippen LogP contribution in [0.15, 0.2) is 95.9 Å². The van der Waals surface area contributed by atoms with Crippen LogP contribution in [-0.2, 0) is 19.6 Å². The van der Waals surface area contributed by atoms with E-state index in [-0.39, 0.29) is 25.1 Å². The van der Waals surface area contributed by atoms with Crippen LogP contribution in [0.5, 0.6) is 5.75 Å². The van der Waals surface area contributed by atoms with Crippen molar-refractivity contribution in [3.8, 4) is 16.9 Å². The first-order valence-electron chi connectivity index (χ1n) is 12.9. The first-order chi connectivity index (χ1) is 20.3. The Labute approximate surface area is 243 Å². The van der Waals surface area contributed by atoms with Gasteiger partial charge in [0.15, 0.2) is 6.39 Å². The van der Waals surface area contributed by atoms with Crippen molar-refractivity contribution in [3.63, 3.8) is 0 Å². The summed E-state index contributed by atoms with van der Waals surface area (Å²) in [7, 11) is 0. The van der Waals surface area contributed by atoms with Crippen molar-refractivity contribution < 1.29 is 27.8 Å². The number of benzene rings is 4.